The molecule has 0 fully saturated rings. The summed E-state index contributed by atoms with van der Waals surface area (Å²) in [6.07, 6.45) is 1.85. The van der Waals surface area contributed by atoms with Crippen LogP contribution in [0.5, 0.6) is 0 Å². The molecule has 20 heavy (non-hydrogen) atoms. The van der Waals surface area contributed by atoms with E-state index in [9.17, 15) is 9.59 Å². The summed E-state index contributed by atoms with van der Waals surface area (Å²) in [5.41, 5.74) is 1.58. The van der Waals surface area contributed by atoms with Gasteiger partial charge in [0.15, 0.2) is 6.29 Å². The van der Waals surface area contributed by atoms with Crippen molar-refractivity contribution in [3.63, 3.8) is 0 Å². The van der Waals surface area contributed by atoms with Gasteiger partial charge in [-0.25, -0.2) is 9.97 Å². The van der Waals surface area contributed by atoms with E-state index in [0.717, 1.165) is 5.69 Å². The van der Waals surface area contributed by atoms with Crippen molar-refractivity contribution >= 4 is 41.0 Å². The smallest absolute Gasteiger partial charge is 0.244 e. The van der Waals surface area contributed by atoms with Gasteiger partial charge in [-0.1, -0.05) is 23.7 Å². The lowest BCUT2D eigenvalue weighted by Gasteiger charge is -2.30. The molecule has 0 atom stereocenters. The number of nitrogens with one attached hydrogen (secondary N) is 1. The highest BCUT2D eigenvalue weighted by Gasteiger charge is 2.26. The SMILES string of the molecule is O=Cc1c(Cl)ncnc1N1CC(=O)Nc2ccccc21. The van der Waals surface area contributed by atoms with Crippen LogP contribution < -0.4 is 10.2 Å². The van der Waals surface area contributed by atoms with Crippen molar-refractivity contribution in [3.05, 3.63) is 41.3 Å². The fraction of sp³-hybridized carbons (Fsp3) is 0.0769. The van der Waals surface area contributed by atoms with Crippen molar-refractivity contribution in [1.29, 1.82) is 0 Å². The number of nitrogens with zero attached hydrogens (tertiary/aromatic N) is 3. The standard InChI is InChI=1S/C13H9ClN4O2/c14-12-8(6-19)13(16-7-15-12)18-5-11(20)17-9-3-1-2-4-10(9)18/h1-4,6-7H,5H2,(H,17,20). The van der Waals surface area contributed by atoms with E-state index in [2.05, 4.69) is 15.3 Å². The number of hydrogen-bond acceptors (Lipinski definition) is 5. The number of para-hydroxylation sites is 2. The monoisotopic (exact) mass is 288 g/mol. The molecule has 0 unspecified atom stereocenters. The van der Waals surface area contributed by atoms with Crippen LogP contribution in [0, 0.1) is 0 Å². The Hall–Kier alpha value is -2.47. The molecular formula is C13H9ClN4O2. The van der Waals surface area contributed by atoms with Crippen molar-refractivity contribution in [2.24, 2.45) is 0 Å². The van der Waals surface area contributed by atoms with Crippen LogP contribution in [0.3, 0.4) is 0 Å². The van der Waals surface area contributed by atoms with Crippen LogP contribution in [0.4, 0.5) is 17.2 Å². The van der Waals surface area contributed by atoms with Crippen molar-refractivity contribution in [2.45, 2.75) is 0 Å². The van der Waals surface area contributed by atoms with E-state index in [1.54, 1.807) is 11.0 Å². The van der Waals surface area contributed by atoms with Crippen LogP contribution in [0.25, 0.3) is 0 Å². The van der Waals surface area contributed by atoms with Crippen molar-refractivity contribution in [3.8, 4) is 0 Å². The molecule has 100 valence electrons. The summed E-state index contributed by atoms with van der Waals surface area (Å²) >= 11 is 5.90. The largest absolute Gasteiger partial charge is 0.323 e. The predicted octanol–water partition coefficient (Wildman–Crippen LogP) is 2.03. The van der Waals surface area contributed by atoms with E-state index in [1.807, 2.05) is 18.2 Å². The molecule has 0 aliphatic carbocycles. The molecule has 7 heteroatoms. The fourth-order valence-corrected chi connectivity index (χ4v) is 2.28. The molecule has 1 aliphatic rings. The van der Waals surface area contributed by atoms with E-state index >= 15 is 0 Å². The number of anilines is 3. The molecule has 0 spiro atoms. The highest BCUT2D eigenvalue weighted by molar-refractivity contribution is 6.32. The van der Waals surface area contributed by atoms with Crippen LogP contribution in [-0.4, -0.2) is 28.7 Å². The molecule has 1 aromatic heterocycles. The zero-order chi connectivity index (χ0) is 14.1. The third-order valence-electron chi connectivity index (χ3n) is 2.96. The maximum Gasteiger partial charge on any atom is 0.244 e. The van der Waals surface area contributed by atoms with Gasteiger partial charge in [-0.05, 0) is 12.1 Å². The molecular weight excluding hydrogens is 280 g/mol. The number of fused-ring (bicyclic) bond motifs is 1. The number of rotatable bonds is 2. The first-order valence-electron chi connectivity index (χ1n) is 5.83. The third-order valence-corrected chi connectivity index (χ3v) is 3.26. The van der Waals surface area contributed by atoms with Crippen molar-refractivity contribution in [1.82, 2.24) is 9.97 Å². The number of amides is 1. The van der Waals surface area contributed by atoms with E-state index in [1.165, 1.54) is 6.33 Å². The number of aromatic nitrogens is 2. The molecule has 2 aromatic rings. The average Bonchev–Trinajstić information content (AvgIpc) is 2.46. The van der Waals surface area contributed by atoms with E-state index in [-0.39, 0.29) is 23.2 Å². The third kappa shape index (κ3) is 2.00. The first-order valence-corrected chi connectivity index (χ1v) is 6.20. The van der Waals surface area contributed by atoms with Gasteiger partial charge in [-0.2, -0.15) is 0 Å². The molecule has 0 bridgehead atoms. The average molecular weight is 289 g/mol. The minimum absolute atomic E-state index is 0.0607. The fourth-order valence-electron chi connectivity index (χ4n) is 2.10. The highest BCUT2D eigenvalue weighted by atomic mass is 35.5. The summed E-state index contributed by atoms with van der Waals surface area (Å²) in [5.74, 6) is 0.137. The molecule has 1 amide bonds. The Labute approximate surface area is 119 Å². The molecule has 0 saturated heterocycles. The second-order valence-corrected chi connectivity index (χ2v) is 4.53. The molecule has 2 heterocycles. The summed E-state index contributed by atoms with van der Waals surface area (Å²) in [6.45, 7) is 0.0607. The lowest BCUT2D eigenvalue weighted by atomic mass is 10.1. The molecule has 1 aliphatic heterocycles. The Morgan fingerprint density at radius 1 is 1.30 bits per heavy atom. The maximum atomic E-state index is 11.8. The number of carbonyl (C=O) groups is 2. The highest BCUT2D eigenvalue weighted by Crippen LogP contribution is 2.35. The first-order chi connectivity index (χ1) is 9.70. The maximum absolute atomic E-state index is 11.8. The number of benzene rings is 1. The van der Waals surface area contributed by atoms with Crippen LogP contribution in [0.1, 0.15) is 10.4 Å². The van der Waals surface area contributed by atoms with Gasteiger partial charge in [0.1, 0.15) is 23.8 Å². The lowest BCUT2D eigenvalue weighted by Crippen LogP contribution is -2.36. The Balaban J connectivity index is 2.18. The van der Waals surface area contributed by atoms with Crippen molar-refractivity contribution in [2.75, 3.05) is 16.8 Å². The van der Waals surface area contributed by atoms with E-state index < -0.39 is 0 Å². The first kappa shape index (κ1) is 12.6. The normalized spacial score (nSPS) is 13.7. The topological polar surface area (TPSA) is 75.2 Å². The number of hydrogen-bond donors (Lipinski definition) is 1. The van der Waals surface area contributed by atoms with Gasteiger partial charge >= 0.3 is 0 Å². The quantitative estimate of drug-likeness (QED) is 0.676. The van der Waals surface area contributed by atoms with Gasteiger partial charge in [-0.3, -0.25) is 9.59 Å². The summed E-state index contributed by atoms with van der Waals surface area (Å²) in [4.78, 5) is 32.5. The van der Waals surface area contributed by atoms with E-state index in [0.29, 0.717) is 17.8 Å². The lowest BCUT2D eigenvalue weighted by molar-refractivity contribution is -0.115. The summed E-state index contributed by atoms with van der Waals surface area (Å²) in [6, 6.07) is 7.27. The predicted molar refractivity (Wildman–Crippen MR) is 74.5 cm³/mol. The zero-order valence-corrected chi connectivity index (χ0v) is 11.0. The molecule has 1 N–H and O–H groups in total. The second kappa shape index (κ2) is 4.90. The summed E-state index contributed by atoms with van der Waals surface area (Å²) < 4.78 is 0. The van der Waals surface area contributed by atoms with Gasteiger partial charge in [0.05, 0.1) is 16.9 Å². The second-order valence-electron chi connectivity index (χ2n) is 4.17. The van der Waals surface area contributed by atoms with Crippen LogP contribution in [0.2, 0.25) is 5.15 Å². The van der Waals surface area contributed by atoms with Crippen LogP contribution in [-0.2, 0) is 4.79 Å². The zero-order valence-electron chi connectivity index (χ0n) is 10.2. The molecule has 3 rings (SSSR count). The van der Waals surface area contributed by atoms with Gasteiger partial charge in [0.25, 0.3) is 0 Å². The van der Waals surface area contributed by atoms with Crippen LogP contribution in [0.15, 0.2) is 30.6 Å². The Kier molecular flexibility index (Phi) is 3.08. The van der Waals surface area contributed by atoms with Gasteiger partial charge < -0.3 is 10.2 Å². The summed E-state index contributed by atoms with van der Waals surface area (Å²) in [7, 11) is 0. The summed E-state index contributed by atoms with van der Waals surface area (Å²) in [5, 5.41) is 2.83. The minimum atomic E-state index is -0.185. The Bertz CT molecular complexity index is 705. The molecule has 0 radical (unpaired) electrons. The van der Waals surface area contributed by atoms with Crippen LogP contribution >= 0.6 is 11.6 Å². The number of halogens is 1. The van der Waals surface area contributed by atoms with Gasteiger partial charge in [-0.15, -0.1) is 0 Å². The minimum Gasteiger partial charge on any atom is -0.323 e. The van der Waals surface area contributed by atoms with E-state index in [4.69, 9.17) is 11.6 Å². The Morgan fingerprint density at radius 3 is 2.90 bits per heavy atom. The number of carbonyl (C=O) groups excluding carboxylic acids is 2. The van der Waals surface area contributed by atoms with Gasteiger partial charge in [0, 0.05) is 0 Å². The molecule has 0 saturated carbocycles. The van der Waals surface area contributed by atoms with Gasteiger partial charge in [0.2, 0.25) is 5.91 Å². The molecule has 1 aromatic carbocycles. The number of aldehydes is 1. The van der Waals surface area contributed by atoms with Crippen molar-refractivity contribution < 1.29 is 9.59 Å². The molecule has 6 nitrogen and oxygen atoms in total. The Morgan fingerprint density at radius 2 is 2.10 bits per heavy atom.